The largest absolute Gasteiger partial charge is 0.326 e. The predicted octanol–water partition coefficient (Wildman–Crippen LogP) is 1.75. The molecule has 3 N–H and O–H groups in total. The molecule has 0 heterocycles. The summed E-state index contributed by atoms with van der Waals surface area (Å²) in [7, 11) is -3.99. The molecule has 4 nitrogen and oxygen atoms in total. The van der Waals surface area contributed by atoms with Gasteiger partial charge in [-0.15, -0.1) is 0 Å². The van der Waals surface area contributed by atoms with Gasteiger partial charge in [-0.1, -0.05) is 20.3 Å². The van der Waals surface area contributed by atoms with E-state index in [0.717, 1.165) is 18.6 Å². The number of nitrogens with two attached hydrogens (primary N) is 1. The van der Waals surface area contributed by atoms with Crippen molar-refractivity contribution in [2.45, 2.75) is 31.7 Å². The molecule has 0 bridgehead atoms. The molecule has 0 amide bonds. The van der Waals surface area contributed by atoms with Gasteiger partial charge in [0.1, 0.15) is 10.7 Å². The van der Waals surface area contributed by atoms with Gasteiger partial charge in [-0.05, 0) is 18.1 Å². The van der Waals surface area contributed by atoms with Crippen LogP contribution in [0, 0.1) is 17.6 Å². The average Bonchev–Trinajstić information content (AvgIpc) is 2.36. The number of benzene rings is 1. The van der Waals surface area contributed by atoms with Crippen LogP contribution in [-0.4, -0.2) is 15.0 Å². The minimum absolute atomic E-state index is 0.132. The molecule has 1 atom stereocenters. The molecule has 0 aromatic heterocycles. The normalized spacial score (nSPS) is 13.5. The molecular formula is C12H18F2N2O2S. The monoisotopic (exact) mass is 292 g/mol. The number of hydrogen-bond acceptors (Lipinski definition) is 3. The molecule has 1 aromatic carbocycles. The highest BCUT2D eigenvalue weighted by molar-refractivity contribution is 7.89. The predicted molar refractivity (Wildman–Crippen MR) is 68.9 cm³/mol. The molecule has 0 spiro atoms. The average molecular weight is 292 g/mol. The molecule has 0 aliphatic rings. The van der Waals surface area contributed by atoms with E-state index in [1.54, 1.807) is 0 Å². The lowest BCUT2D eigenvalue weighted by molar-refractivity contribution is 0.511. The van der Waals surface area contributed by atoms with Crippen LogP contribution >= 0.6 is 0 Å². The fourth-order valence-electron chi connectivity index (χ4n) is 1.44. The minimum atomic E-state index is -3.99. The Morgan fingerprint density at radius 3 is 2.53 bits per heavy atom. The molecule has 0 saturated carbocycles. The zero-order valence-corrected chi connectivity index (χ0v) is 11.7. The molecule has 0 radical (unpaired) electrons. The summed E-state index contributed by atoms with van der Waals surface area (Å²) in [6.45, 7) is 3.60. The third kappa shape index (κ3) is 3.71. The first-order valence-electron chi connectivity index (χ1n) is 6.00. The van der Waals surface area contributed by atoms with Crippen molar-refractivity contribution in [2.24, 2.45) is 11.7 Å². The van der Waals surface area contributed by atoms with Crippen LogP contribution in [0.2, 0.25) is 0 Å². The molecule has 0 fully saturated rings. The Labute approximate surface area is 112 Å². The number of rotatable bonds is 6. The third-order valence-electron chi connectivity index (χ3n) is 2.96. The molecule has 19 heavy (non-hydrogen) atoms. The Balaban J connectivity index is 3.09. The van der Waals surface area contributed by atoms with Gasteiger partial charge in [0.2, 0.25) is 10.0 Å². The second-order valence-corrected chi connectivity index (χ2v) is 6.14. The Morgan fingerprint density at radius 1 is 1.37 bits per heavy atom. The van der Waals surface area contributed by atoms with Gasteiger partial charge in [-0.3, -0.25) is 0 Å². The van der Waals surface area contributed by atoms with Gasteiger partial charge in [0.05, 0.1) is 0 Å². The van der Waals surface area contributed by atoms with E-state index in [1.165, 1.54) is 0 Å². The van der Waals surface area contributed by atoms with E-state index in [-0.39, 0.29) is 12.5 Å². The van der Waals surface area contributed by atoms with E-state index >= 15 is 0 Å². The van der Waals surface area contributed by atoms with Gasteiger partial charge >= 0.3 is 0 Å². The van der Waals surface area contributed by atoms with E-state index in [9.17, 15) is 17.2 Å². The second kappa shape index (κ2) is 6.40. The van der Waals surface area contributed by atoms with E-state index in [1.807, 2.05) is 13.8 Å². The minimum Gasteiger partial charge on any atom is -0.326 e. The molecule has 7 heteroatoms. The number of sulfonamides is 1. The van der Waals surface area contributed by atoms with Crippen LogP contribution in [0.1, 0.15) is 25.8 Å². The molecule has 108 valence electrons. The summed E-state index contributed by atoms with van der Waals surface area (Å²) < 4.78 is 53.3. The fraction of sp³-hybridized carbons (Fsp3) is 0.500. The summed E-state index contributed by atoms with van der Waals surface area (Å²) in [6, 6.07) is 1.81. The van der Waals surface area contributed by atoms with Crippen molar-refractivity contribution in [2.75, 3.05) is 6.54 Å². The third-order valence-corrected chi connectivity index (χ3v) is 4.40. The summed E-state index contributed by atoms with van der Waals surface area (Å²) in [5, 5.41) is 0. The van der Waals surface area contributed by atoms with Crippen molar-refractivity contribution in [3.8, 4) is 0 Å². The van der Waals surface area contributed by atoms with E-state index in [4.69, 9.17) is 5.73 Å². The smallest absolute Gasteiger partial charge is 0.243 e. The highest BCUT2D eigenvalue weighted by Gasteiger charge is 2.23. The van der Waals surface area contributed by atoms with Gasteiger partial charge in [-0.25, -0.2) is 21.9 Å². The lowest BCUT2D eigenvalue weighted by Gasteiger charge is -2.13. The quantitative estimate of drug-likeness (QED) is 0.839. The summed E-state index contributed by atoms with van der Waals surface area (Å²) in [6.07, 6.45) is 0.794. The molecule has 1 aromatic rings. The Kier molecular flexibility index (Phi) is 5.39. The van der Waals surface area contributed by atoms with Crippen molar-refractivity contribution in [1.29, 1.82) is 0 Å². The number of hydrogen-bond donors (Lipinski definition) is 2. The van der Waals surface area contributed by atoms with Crippen molar-refractivity contribution in [1.82, 2.24) is 4.72 Å². The van der Waals surface area contributed by atoms with Gasteiger partial charge in [0.25, 0.3) is 0 Å². The maximum absolute atomic E-state index is 13.9. The van der Waals surface area contributed by atoms with E-state index in [2.05, 4.69) is 4.72 Å². The highest BCUT2D eigenvalue weighted by atomic mass is 32.2. The van der Waals surface area contributed by atoms with Crippen LogP contribution < -0.4 is 10.5 Å². The van der Waals surface area contributed by atoms with Crippen molar-refractivity contribution in [3.05, 3.63) is 29.3 Å². The number of halogens is 2. The summed E-state index contributed by atoms with van der Waals surface area (Å²) in [4.78, 5) is -0.572. The van der Waals surface area contributed by atoms with Crippen LogP contribution in [-0.2, 0) is 16.6 Å². The Hall–Kier alpha value is -1.05. The van der Waals surface area contributed by atoms with Crippen LogP contribution in [0.5, 0.6) is 0 Å². The van der Waals surface area contributed by atoms with Gasteiger partial charge in [0, 0.05) is 18.7 Å². The summed E-state index contributed by atoms with van der Waals surface area (Å²) in [5.41, 5.74) is 4.79. The summed E-state index contributed by atoms with van der Waals surface area (Å²) >= 11 is 0. The second-order valence-electron chi connectivity index (χ2n) is 4.41. The van der Waals surface area contributed by atoms with Crippen molar-refractivity contribution >= 4 is 10.0 Å². The lowest BCUT2D eigenvalue weighted by atomic mass is 10.1. The van der Waals surface area contributed by atoms with Crippen LogP contribution in [0.4, 0.5) is 8.78 Å². The zero-order chi connectivity index (χ0) is 14.6. The van der Waals surface area contributed by atoms with Gasteiger partial charge in [-0.2, -0.15) is 0 Å². The first kappa shape index (κ1) is 16.0. The van der Waals surface area contributed by atoms with E-state index < -0.39 is 38.7 Å². The maximum atomic E-state index is 13.9. The first-order chi connectivity index (χ1) is 8.83. The SMILES string of the molecule is CCC(C)CNS(=O)(=O)c1ccc(F)c(CN)c1F. The van der Waals surface area contributed by atoms with Crippen LogP contribution in [0.15, 0.2) is 17.0 Å². The molecule has 0 aliphatic heterocycles. The standard InChI is InChI=1S/C12H18F2N2O2S/c1-3-8(2)7-16-19(17,18)11-5-4-10(13)9(6-15)12(11)14/h4-5,8,16H,3,6-7,15H2,1-2H3. The fourth-order valence-corrected chi connectivity index (χ4v) is 2.71. The molecule has 1 rings (SSSR count). The van der Waals surface area contributed by atoms with Crippen LogP contribution in [0.3, 0.4) is 0 Å². The Bertz CT molecular complexity index is 547. The van der Waals surface area contributed by atoms with Gasteiger partial charge < -0.3 is 5.73 Å². The number of nitrogens with one attached hydrogen (secondary N) is 1. The Morgan fingerprint density at radius 2 is 2.00 bits per heavy atom. The first-order valence-corrected chi connectivity index (χ1v) is 7.48. The maximum Gasteiger partial charge on any atom is 0.243 e. The van der Waals surface area contributed by atoms with Gasteiger partial charge in [0.15, 0.2) is 5.82 Å². The van der Waals surface area contributed by atoms with Crippen molar-refractivity contribution < 1.29 is 17.2 Å². The zero-order valence-electron chi connectivity index (χ0n) is 10.9. The van der Waals surface area contributed by atoms with Crippen LogP contribution in [0.25, 0.3) is 0 Å². The molecule has 0 saturated heterocycles. The lowest BCUT2D eigenvalue weighted by Crippen LogP contribution is -2.29. The molecule has 1 unspecified atom stereocenters. The highest BCUT2D eigenvalue weighted by Crippen LogP contribution is 2.20. The molecule has 0 aliphatic carbocycles. The summed E-state index contributed by atoms with van der Waals surface area (Å²) in [5.74, 6) is -1.84. The topological polar surface area (TPSA) is 72.2 Å². The van der Waals surface area contributed by atoms with E-state index in [0.29, 0.717) is 0 Å². The van der Waals surface area contributed by atoms with Crippen molar-refractivity contribution in [3.63, 3.8) is 0 Å². The molecular weight excluding hydrogens is 274 g/mol.